The molecule has 1 spiro atoms. The van der Waals surface area contributed by atoms with Gasteiger partial charge in [-0.3, -0.25) is 9.59 Å². The number of hydrogen-bond acceptors (Lipinski definition) is 6. The second-order valence-electron chi connectivity index (χ2n) is 5.47. The van der Waals surface area contributed by atoms with Crippen LogP contribution in [0.1, 0.15) is 23.7 Å². The van der Waals surface area contributed by atoms with E-state index in [0.717, 1.165) is 0 Å². The number of phenols is 1. The number of methoxy groups -OCH3 is 2. The summed E-state index contributed by atoms with van der Waals surface area (Å²) in [4.78, 5) is 24.7. The first-order valence-corrected chi connectivity index (χ1v) is 6.87. The van der Waals surface area contributed by atoms with Gasteiger partial charge in [0, 0.05) is 30.5 Å². The number of rotatable bonds is 2. The molecule has 0 bridgehead atoms. The highest BCUT2D eigenvalue weighted by molar-refractivity contribution is 6.13. The third-order valence-electron chi connectivity index (χ3n) is 4.21. The van der Waals surface area contributed by atoms with Crippen molar-refractivity contribution in [3.63, 3.8) is 0 Å². The molecule has 116 valence electrons. The fraction of sp³-hybridized carbons (Fsp3) is 0.375. The SMILES string of the molecule is COC1=CC(=O)C[C@H](C)[C@]12Oc1cc(OC)cc(O)c1C2=O. The summed E-state index contributed by atoms with van der Waals surface area (Å²) in [5.41, 5.74) is -1.32. The van der Waals surface area contributed by atoms with Crippen molar-refractivity contribution in [1.29, 1.82) is 0 Å². The molecule has 6 nitrogen and oxygen atoms in total. The van der Waals surface area contributed by atoms with Crippen molar-refractivity contribution in [3.05, 3.63) is 29.5 Å². The lowest BCUT2D eigenvalue weighted by atomic mass is 9.75. The van der Waals surface area contributed by atoms with E-state index < -0.39 is 17.3 Å². The number of carbonyl (C=O) groups excluding carboxylic acids is 2. The lowest BCUT2D eigenvalue weighted by Crippen LogP contribution is -2.51. The predicted octanol–water partition coefficient (Wildman–Crippen LogP) is 1.85. The van der Waals surface area contributed by atoms with Crippen molar-refractivity contribution in [2.24, 2.45) is 5.92 Å². The van der Waals surface area contributed by atoms with Crippen LogP contribution in [-0.2, 0) is 9.53 Å². The standard InChI is InChI=1S/C16H16O6/c1-8-4-9(17)5-13(21-3)16(8)15(19)14-11(18)6-10(20-2)7-12(14)22-16/h5-8,18H,4H2,1-3H3/t8-,16-/m0/s1. The van der Waals surface area contributed by atoms with Crippen molar-refractivity contribution in [1.82, 2.24) is 0 Å². The second kappa shape index (κ2) is 4.76. The number of ether oxygens (including phenoxy) is 3. The number of hydrogen-bond donors (Lipinski definition) is 1. The number of allylic oxidation sites excluding steroid dienone is 1. The molecule has 0 aromatic heterocycles. The molecule has 6 heteroatoms. The van der Waals surface area contributed by atoms with Gasteiger partial charge in [-0.05, 0) is 0 Å². The summed E-state index contributed by atoms with van der Waals surface area (Å²) < 4.78 is 16.2. The summed E-state index contributed by atoms with van der Waals surface area (Å²) in [7, 11) is 2.84. The van der Waals surface area contributed by atoms with Gasteiger partial charge >= 0.3 is 0 Å². The zero-order valence-corrected chi connectivity index (χ0v) is 12.5. The molecule has 0 fully saturated rings. The summed E-state index contributed by atoms with van der Waals surface area (Å²) in [5, 5.41) is 10.1. The first kappa shape index (κ1) is 14.4. The highest BCUT2D eigenvalue weighted by atomic mass is 16.6. The Hall–Kier alpha value is -2.50. The minimum Gasteiger partial charge on any atom is -0.507 e. The summed E-state index contributed by atoms with van der Waals surface area (Å²) in [6, 6.07) is 2.89. The van der Waals surface area contributed by atoms with Crippen LogP contribution in [-0.4, -0.2) is 36.5 Å². The average molecular weight is 304 g/mol. The molecule has 0 saturated carbocycles. The van der Waals surface area contributed by atoms with Gasteiger partial charge in [-0.25, -0.2) is 0 Å². The van der Waals surface area contributed by atoms with Gasteiger partial charge in [0.1, 0.15) is 22.8 Å². The Morgan fingerprint density at radius 1 is 1.27 bits per heavy atom. The highest BCUT2D eigenvalue weighted by Crippen LogP contribution is 2.50. The number of phenolic OH excluding ortho intramolecular Hbond substituents is 1. The van der Waals surface area contributed by atoms with E-state index >= 15 is 0 Å². The Bertz CT molecular complexity index is 705. The largest absolute Gasteiger partial charge is 0.507 e. The molecule has 1 aliphatic heterocycles. The van der Waals surface area contributed by atoms with Crippen LogP contribution in [0.4, 0.5) is 0 Å². The minimum atomic E-state index is -1.41. The van der Waals surface area contributed by atoms with Crippen LogP contribution < -0.4 is 9.47 Å². The molecule has 1 aromatic carbocycles. The molecule has 0 radical (unpaired) electrons. The molecule has 1 N–H and O–H groups in total. The predicted molar refractivity (Wildman–Crippen MR) is 76.2 cm³/mol. The average Bonchev–Trinajstić information content (AvgIpc) is 2.77. The summed E-state index contributed by atoms with van der Waals surface area (Å²) in [5.74, 6) is -0.383. The Balaban J connectivity index is 2.19. The Labute approximate surface area is 127 Å². The van der Waals surface area contributed by atoms with Crippen molar-refractivity contribution < 1.29 is 28.9 Å². The lowest BCUT2D eigenvalue weighted by molar-refractivity contribution is -0.118. The molecule has 0 amide bonds. The van der Waals surface area contributed by atoms with E-state index in [2.05, 4.69) is 0 Å². The molecular formula is C16H16O6. The van der Waals surface area contributed by atoms with E-state index in [9.17, 15) is 14.7 Å². The van der Waals surface area contributed by atoms with Gasteiger partial charge in [-0.2, -0.15) is 0 Å². The summed E-state index contributed by atoms with van der Waals surface area (Å²) >= 11 is 0. The summed E-state index contributed by atoms with van der Waals surface area (Å²) in [6.07, 6.45) is 1.46. The first-order chi connectivity index (χ1) is 10.4. The van der Waals surface area contributed by atoms with Crippen molar-refractivity contribution in [3.8, 4) is 17.2 Å². The van der Waals surface area contributed by atoms with E-state index in [1.54, 1.807) is 6.92 Å². The van der Waals surface area contributed by atoms with E-state index in [-0.39, 0.29) is 35.0 Å². The van der Waals surface area contributed by atoms with Crippen LogP contribution in [0.3, 0.4) is 0 Å². The van der Waals surface area contributed by atoms with Crippen molar-refractivity contribution >= 4 is 11.6 Å². The van der Waals surface area contributed by atoms with Gasteiger partial charge in [-0.15, -0.1) is 0 Å². The molecule has 2 aliphatic rings. The third kappa shape index (κ3) is 1.73. The maximum absolute atomic E-state index is 12.9. The van der Waals surface area contributed by atoms with E-state index in [0.29, 0.717) is 5.75 Å². The van der Waals surface area contributed by atoms with Crippen LogP contribution in [0.25, 0.3) is 0 Å². The lowest BCUT2D eigenvalue weighted by Gasteiger charge is -2.36. The Morgan fingerprint density at radius 2 is 2.00 bits per heavy atom. The maximum atomic E-state index is 12.9. The molecular weight excluding hydrogens is 288 g/mol. The number of aromatic hydroxyl groups is 1. The monoisotopic (exact) mass is 304 g/mol. The fourth-order valence-electron chi connectivity index (χ4n) is 3.11. The molecule has 3 rings (SSSR count). The molecule has 0 unspecified atom stereocenters. The summed E-state index contributed by atoms with van der Waals surface area (Å²) in [6.45, 7) is 1.75. The van der Waals surface area contributed by atoms with Crippen molar-refractivity contribution in [2.45, 2.75) is 18.9 Å². The van der Waals surface area contributed by atoms with Gasteiger partial charge in [0.05, 0.1) is 14.2 Å². The molecule has 22 heavy (non-hydrogen) atoms. The highest BCUT2D eigenvalue weighted by Gasteiger charge is 2.59. The van der Waals surface area contributed by atoms with E-state index in [4.69, 9.17) is 14.2 Å². The van der Waals surface area contributed by atoms with Crippen LogP contribution >= 0.6 is 0 Å². The van der Waals surface area contributed by atoms with Crippen LogP contribution in [0.2, 0.25) is 0 Å². The molecule has 1 aromatic rings. The Morgan fingerprint density at radius 3 is 2.64 bits per heavy atom. The molecule has 1 heterocycles. The van der Waals surface area contributed by atoms with Gasteiger partial charge in [0.2, 0.25) is 11.4 Å². The quantitative estimate of drug-likeness (QED) is 0.898. The van der Waals surface area contributed by atoms with Gasteiger partial charge in [0.15, 0.2) is 11.5 Å². The first-order valence-electron chi connectivity index (χ1n) is 6.87. The number of carbonyl (C=O) groups is 2. The molecule has 2 atom stereocenters. The van der Waals surface area contributed by atoms with Crippen molar-refractivity contribution in [2.75, 3.05) is 14.2 Å². The van der Waals surface area contributed by atoms with Gasteiger partial charge < -0.3 is 19.3 Å². The van der Waals surface area contributed by atoms with Gasteiger partial charge in [-0.1, -0.05) is 6.92 Å². The second-order valence-corrected chi connectivity index (χ2v) is 5.47. The zero-order chi connectivity index (χ0) is 16.1. The number of Topliss-reactive ketones (excluding diaryl/α,β-unsaturated/α-hetero) is 1. The van der Waals surface area contributed by atoms with Crippen LogP contribution in [0.5, 0.6) is 17.2 Å². The van der Waals surface area contributed by atoms with Gasteiger partial charge in [0.25, 0.3) is 0 Å². The van der Waals surface area contributed by atoms with E-state index in [1.807, 2.05) is 0 Å². The zero-order valence-electron chi connectivity index (χ0n) is 12.5. The molecule has 0 saturated heterocycles. The Kier molecular flexibility index (Phi) is 3.12. The third-order valence-corrected chi connectivity index (χ3v) is 4.21. The van der Waals surface area contributed by atoms with Crippen LogP contribution in [0.15, 0.2) is 24.0 Å². The minimum absolute atomic E-state index is 0.0879. The number of fused-ring (bicyclic) bond motifs is 1. The maximum Gasteiger partial charge on any atom is 0.231 e. The fourth-order valence-corrected chi connectivity index (χ4v) is 3.11. The topological polar surface area (TPSA) is 82.1 Å². The van der Waals surface area contributed by atoms with Crippen LogP contribution in [0, 0.1) is 5.92 Å². The smallest absolute Gasteiger partial charge is 0.231 e. The molecule has 1 aliphatic carbocycles. The van der Waals surface area contributed by atoms with E-state index in [1.165, 1.54) is 32.4 Å². The number of ketones is 2. The number of benzene rings is 1. The normalized spacial score (nSPS) is 26.5.